The highest BCUT2D eigenvalue weighted by atomic mass is 16.5. The molecule has 0 radical (unpaired) electrons. The van der Waals surface area contributed by atoms with Crippen molar-refractivity contribution in [3.63, 3.8) is 0 Å². The Bertz CT molecular complexity index is 899. The lowest BCUT2D eigenvalue weighted by molar-refractivity contribution is 0.414. The predicted octanol–water partition coefficient (Wildman–Crippen LogP) is 1.69. The SMILES string of the molecule is COc1ccc2c(c1)Cc1nc3cnccc3c(=O)n1-2. The summed E-state index contributed by atoms with van der Waals surface area (Å²) in [5, 5.41) is 0.590. The van der Waals surface area contributed by atoms with Crippen molar-refractivity contribution in [2.45, 2.75) is 6.42 Å². The number of hydrogen-bond donors (Lipinski definition) is 0. The molecular weight excluding hydrogens is 254 g/mol. The number of aromatic nitrogens is 3. The van der Waals surface area contributed by atoms with Crippen LogP contribution in [0.3, 0.4) is 0 Å². The summed E-state index contributed by atoms with van der Waals surface area (Å²) in [6, 6.07) is 7.42. The van der Waals surface area contributed by atoms with Gasteiger partial charge < -0.3 is 4.74 Å². The molecule has 0 unspecified atom stereocenters. The monoisotopic (exact) mass is 265 g/mol. The Morgan fingerprint density at radius 3 is 3.05 bits per heavy atom. The molecule has 0 bridgehead atoms. The molecule has 0 spiro atoms. The molecule has 1 aromatic carbocycles. The van der Waals surface area contributed by atoms with E-state index in [0.29, 0.717) is 17.3 Å². The second-order valence-corrected chi connectivity index (χ2v) is 4.73. The van der Waals surface area contributed by atoms with E-state index in [1.54, 1.807) is 30.1 Å². The van der Waals surface area contributed by atoms with Gasteiger partial charge in [-0.1, -0.05) is 0 Å². The van der Waals surface area contributed by atoms with Gasteiger partial charge in [-0.3, -0.25) is 14.3 Å². The Kier molecular flexibility index (Phi) is 2.18. The van der Waals surface area contributed by atoms with Gasteiger partial charge in [0, 0.05) is 12.6 Å². The molecule has 0 aliphatic carbocycles. The van der Waals surface area contributed by atoms with Gasteiger partial charge in [0.05, 0.1) is 29.9 Å². The Balaban J connectivity index is 2.05. The number of pyridine rings is 1. The lowest BCUT2D eigenvalue weighted by atomic mass is 10.1. The number of ether oxygens (including phenoxy) is 1. The van der Waals surface area contributed by atoms with Crippen LogP contribution in [0.4, 0.5) is 0 Å². The summed E-state index contributed by atoms with van der Waals surface area (Å²) < 4.78 is 6.91. The zero-order valence-corrected chi connectivity index (χ0v) is 10.8. The molecule has 0 saturated carbocycles. The van der Waals surface area contributed by atoms with Crippen molar-refractivity contribution in [2.75, 3.05) is 7.11 Å². The first-order valence-electron chi connectivity index (χ1n) is 6.31. The third-order valence-electron chi connectivity index (χ3n) is 3.62. The Morgan fingerprint density at radius 2 is 2.20 bits per heavy atom. The van der Waals surface area contributed by atoms with Gasteiger partial charge in [0.15, 0.2) is 0 Å². The standard InChI is InChI=1S/C15H11N3O2/c1-20-10-2-3-13-9(6-10)7-14-17-12-8-16-5-4-11(12)15(19)18(13)14/h2-6,8H,7H2,1H3. The van der Waals surface area contributed by atoms with Crippen LogP contribution in [0.5, 0.6) is 5.75 Å². The summed E-state index contributed by atoms with van der Waals surface area (Å²) in [5.74, 6) is 1.54. The second kappa shape index (κ2) is 3.90. The summed E-state index contributed by atoms with van der Waals surface area (Å²) >= 11 is 0. The van der Waals surface area contributed by atoms with E-state index in [1.165, 1.54) is 0 Å². The van der Waals surface area contributed by atoms with Gasteiger partial charge in [-0.05, 0) is 29.8 Å². The quantitative estimate of drug-likeness (QED) is 0.525. The van der Waals surface area contributed by atoms with Crippen LogP contribution >= 0.6 is 0 Å². The smallest absolute Gasteiger partial charge is 0.266 e. The van der Waals surface area contributed by atoms with Gasteiger partial charge in [0.25, 0.3) is 5.56 Å². The first kappa shape index (κ1) is 11.2. The average Bonchev–Trinajstić information content (AvgIpc) is 2.84. The van der Waals surface area contributed by atoms with Crippen LogP contribution in [-0.2, 0) is 6.42 Å². The Hall–Kier alpha value is -2.69. The maximum Gasteiger partial charge on any atom is 0.266 e. The van der Waals surface area contributed by atoms with Gasteiger partial charge in [0.2, 0.25) is 0 Å². The summed E-state index contributed by atoms with van der Waals surface area (Å²) in [6.45, 7) is 0. The van der Waals surface area contributed by atoms with Crippen LogP contribution in [-0.4, -0.2) is 21.6 Å². The summed E-state index contributed by atoms with van der Waals surface area (Å²) in [4.78, 5) is 21.2. The Labute approximate surface area is 114 Å². The van der Waals surface area contributed by atoms with Crippen molar-refractivity contribution in [1.82, 2.24) is 14.5 Å². The van der Waals surface area contributed by atoms with Crippen LogP contribution in [0, 0.1) is 0 Å². The minimum atomic E-state index is -0.0451. The van der Waals surface area contributed by atoms with Crippen molar-refractivity contribution in [2.24, 2.45) is 0 Å². The molecule has 0 fully saturated rings. The van der Waals surface area contributed by atoms with Gasteiger partial charge in [-0.25, -0.2) is 4.98 Å². The third kappa shape index (κ3) is 1.40. The van der Waals surface area contributed by atoms with Gasteiger partial charge in [0.1, 0.15) is 11.6 Å². The zero-order valence-electron chi connectivity index (χ0n) is 10.8. The lowest BCUT2D eigenvalue weighted by Crippen LogP contribution is -2.20. The van der Waals surface area contributed by atoms with E-state index in [4.69, 9.17) is 4.74 Å². The first-order valence-corrected chi connectivity index (χ1v) is 6.31. The lowest BCUT2D eigenvalue weighted by Gasteiger charge is -2.06. The molecule has 5 heteroatoms. The highest BCUT2D eigenvalue weighted by Gasteiger charge is 2.22. The molecule has 5 nitrogen and oxygen atoms in total. The fourth-order valence-electron chi connectivity index (χ4n) is 2.67. The van der Waals surface area contributed by atoms with Gasteiger partial charge >= 0.3 is 0 Å². The number of methoxy groups -OCH3 is 1. The minimum absolute atomic E-state index is 0.0451. The molecule has 3 heterocycles. The van der Waals surface area contributed by atoms with Crippen molar-refractivity contribution in [3.8, 4) is 11.4 Å². The number of rotatable bonds is 1. The third-order valence-corrected chi connectivity index (χ3v) is 3.62. The molecule has 0 amide bonds. The molecule has 1 aliphatic rings. The highest BCUT2D eigenvalue weighted by Crippen LogP contribution is 2.29. The molecule has 0 atom stereocenters. The minimum Gasteiger partial charge on any atom is -0.497 e. The summed E-state index contributed by atoms with van der Waals surface area (Å²) in [6.07, 6.45) is 3.87. The maximum absolute atomic E-state index is 12.6. The summed E-state index contributed by atoms with van der Waals surface area (Å²) in [7, 11) is 1.63. The van der Waals surface area contributed by atoms with Crippen molar-refractivity contribution in [3.05, 3.63) is 58.4 Å². The van der Waals surface area contributed by atoms with Crippen LogP contribution in [0.1, 0.15) is 11.4 Å². The normalized spacial score (nSPS) is 12.2. The maximum atomic E-state index is 12.6. The van der Waals surface area contributed by atoms with E-state index in [-0.39, 0.29) is 5.56 Å². The van der Waals surface area contributed by atoms with E-state index in [2.05, 4.69) is 9.97 Å². The predicted molar refractivity (Wildman–Crippen MR) is 74.5 cm³/mol. The van der Waals surface area contributed by atoms with E-state index in [9.17, 15) is 4.79 Å². The van der Waals surface area contributed by atoms with E-state index >= 15 is 0 Å². The molecule has 0 N–H and O–H groups in total. The molecule has 1 aliphatic heterocycles. The topological polar surface area (TPSA) is 57.0 Å². The Morgan fingerprint density at radius 1 is 1.30 bits per heavy atom. The molecule has 20 heavy (non-hydrogen) atoms. The fraction of sp³-hybridized carbons (Fsp3) is 0.133. The van der Waals surface area contributed by atoms with Crippen LogP contribution < -0.4 is 10.3 Å². The number of fused-ring (bicyclic) bond motifs is 4. The van der Waals surface area contributed by atoms with Gasteiger partial charge in [-0.2, -0.15) is 0 Å². The molecule has 0 saturated heterocycles. The fourth-order valence-corrected chi connectivity index (χ4v) is 2.67. The highest BCUT2D eigenvalue weighted by molar-refractivity contribution is 5.77. The first-order chi connectivity index (χ1) is 9.78. The van der Waals surface area contributed by atoms with Crippen LogP contribution in [0.25, 0.3) is 16.6 Å². The number of nitrogens with zero attached hydrogens (tertiary/aromatic N) is 3. The van der Waals surface area contributed by atoms with Gasteiger partial charge in [-0.15, -0.1) is 0 Å². The van der Waals surface area contributed by atoms with E-state index < -0.39 is 0 Å². The molecule has 98 valence electrons. The zero-order chi connectivity index (χ0) is 13.7. The van der Waals surface area contributed by atoms with Crippen molar-refractivity contribution < 1.29 is 4.74 Å². The molecule has 4 rings (SSSR count). The molecular formula is C15H11N3O2. The number of benzene rings is 1. The number of hydrogen-bond acceptors (Lipinski definition) is 4. The van der Waals surface area contributed by atoms with Crippen molar-refractivity contribution in [1.29, 1.82) is 0 Å². The summed E-state index contributed by atoms with van der Waals surface area (Å²) in [5.41, 5.74) is 2.54. The second-order valence-electron chi connectivity index (χ2n) is 4.73. The van der Waals surface area contributed by atoms with Crippen LogP contribution in [0.2, 0.25) is 0 Å². The molecule has 3 aromatic rings. The van der Waals surface area contributed by atoms with Crippen molar-refractivity contribution >= 4 is 10.9 Å². The van der Waals surface area contributed by atoms with E-state index in [1.807, 2.05) is 18.2 Å². The van der Waals surface area contributed by atoms with Crippen LogP contribution in [0.15, 0.2) is 41.5 Å². The largest absolute Gasteiger partial charge is 0.497 e. The van der Waals surface area contributed by atoms with E-state index in [0.717, 1.165) is 22.8 Å². The molecule has 2 aromatic heterocycles. The average molecular weight is 265 g/mol.